The number of rotatable bonds is 4. The summed E-state index contributed by atoms with van der Waals surface area (Å²) in [5.74, 6) is -1.22. The number of aliphatic carboxylic acids is 1. The van der Waals surface area contributed by atoms with Gasteiger partial charge in [0.2, 0.25) is 5.91 Å². The lowest BCUT2D eigenvalue weighted by Gasteiger charge is -2.29. The molecule has 5 heteroatoms. The van der Waals surface area contributed by atoms with Crippen LogP contribution < -0.4 is 0 Å². The topological polar surface area (TPSA) is 66.8 Å². The Bertz CT molecular complexity index is 486. The van der Waals surface area contributed by atoms with Gasteiger partial charge in [0.15, 0.2) is 6.10 Å². The maximum Gasteiger partial charge on any atom is 0.332 e. The number of fused-ring (bicyclic) bond motifs is 1. The smallest absolute Gasteiger partial charge is 0.332 e. The molecule has 0 aliphatic carbocycles. The van der Waals surface area contributed by atoms with Crippen LogP contribution in [0.4, 0.5) is 0 Å². The lowest BCUT2D eigenvalue weighted by atomic mass is 10.00. The fraction of sp³-hybridized carbons (Fsp3) is 0.429. The molecular formula is C14H17NO4. The van der Waals surface area contributed by atoms with Gasteiger partial charge in [-0.2, -0.15) is 0 Å². The van der Waals surface area contributed by atoms with Gasteiger partial charge in [-0.05, 0) is 24.5 Å². The van der Waals surface area contributed by atoms with Gasteiger partial charge in [-0.3, -0.25) is 4.79 Å². The quantitative estimate of drug-likeness (QED) is 0.882. The first-order valence-corrected chi connectivity index (χ1v) is 6.27. The number of hydrogen-bond donors (Lipinski definition) is 1. The van der Waals surface area contributed by atoms with E-state index in [-0.39, 0.29) is 12.5 Å². The average molecular weight is 263 g/mol. The van der Waals surface area contributed by atoms with Crippen molar-refractivity contribution in [3.05, 3.63) is 35.4 Å². The van der Waals surface area contributed by atoms with Crippen LogP contribution in [0.15, 0.2) is 24.3 Å². The minimum atomic E-state index is -1.06. The van der Waals surface area contributed by atoms with Crippen LogP contribution in [0.5, 0.6) is 0 Å². The molecule has 1 aliphatic heterocycles. The molecule has 19 heavy (non-hydrogen) atoms. The summed E-state index contributed by atoms with van der Waals surface area (Å²) in [5.41, 5.74) is 2.42. The first kappa shape index (κ1) is 13.5. The zero-order valence-electron chi connectivity index (χ0n) is 10.8. The van der Waals surface area contributed by atoms with E-state index in [1.807, 2.05) is 18.2 Å². The van der Waals surface area contributed by atoms with Crippen LogP contribution in [-0.2, 0) is 27.3 Å². The summed E-state index contributed by atoms with van der Waals surface area (Å²) >= 11 is 0. The van der Waals surface area contributed by atoms with Crippen LogP contribution in [0.1, 0.15) is 18.1 Å². The molecule has 1 atom stereocenters. The Kier molecular flexibility index (Phi) is 4.16. The molecule has 1 amide bonds. The van der Waals surface area contributed by atoms with Gasteiger partial charge in [-0.25, -0.2) is 4.79 Å². The van der Waals surface area contributed by atoms with Gasteiger partial charge < -0.3 is 14.7 Å². The summed E-state index contributed by atoms with van der Waals surface area (Å²) in [5, 5.41) is 8.69. The zero-order valence-corrected chi connectivity index (χ0v) is 10.8. The van der Waals surface area contributed by atoms with E-state index in [4.69, 9.17) is 9.84 Å². The number of hydrogen-bond acceptors (Lipinski definition) is 3. The van der Waals surface area contributed by atoms with Gasteiger partial charge in [-0.15, -0.1) is 0 Å². The molecule has 1 unspecified atom stereocenters. The second-order valence-corrected chi connectivity index (χ2v) is 4.63. The van der Waals surface area contributed by atoms with Gasteiger partial charge in [0.25, 0.3) is 0 Å². The summed E-state index contributed by atoms with van der Waals surface area (Å²) in [6.07, 6.45) is -0.128. The molecule has 102 valence electrons. The Labute approximate surface area is 111 Å². The molecule has 0 spiro atoms. The summed E-state index contributed by atoms with van der Waals surface area (Å²) in [7, 11) is 0. The number of carbonyl (C=O) groups excluding carboxylic acids is 1. The van der Waals surface area contributed by atoms with Crippen molar-refractivity contribution in [1.82, 2.24) is 4.90 Å². The highest BCUT2D eigenvalue weighted by Gasteiger charge is 2.21. The van der Waals surface area contributed by atoms with Crippen LogP contribution in [0.3, 0.4) is 0 Å². The van der Waals surface area contributed by atoms with Gasteiger partial charge in [0.1, 0.15) is 6.61 Å². The molecule has 0 saturated heterocycles. The maximum absolute atomic E-state index is 11.9. The summed E-state index contributed by atoms with van der Waals surface area (Å²) in [4.78, 5) is 24.3. The van der Waals surface area contributed by atoms with Crippen molar-refractivity contribution in [1.29, 1.82) is 0 Å². The third kappa shape index (κ3) is 3.32. The Hall–Kier alpha value is -1.88. The molecule has 1 aromatic rings. The van der Waals surface area contributed by atoms with E-state index in [0.29, 0.717) is 13.1 Å². The predicted molar refractivity (Wildman–Crippen MR) is 68.6 cm³/mol. The summed E-state index contributed by atoms with van der Waals surface area (Å²) < 4.78 is 5.02. The first-order valence-electron chi connectivity index (χ1n) is 6.27. The lowest BCUT2D eigenvalue weighted by Crippen LogP contribution is -2.39. The predicted octanol–water partition coefficient (Wildman–Crippen LogP) is 1.06. The fourth-order valence-electron chi connectivity index (χ4n) is 2.07. The minimum absolute atomic E-state index is 0.164. The van der Waals surface area contributed by atoms with Crippen molar-refractivity contribution in [2.45, 2.75) is 26.0 Å². The Morgan fingerprint density at radius 1 is 1.37 bits per heavy atom. The van der Waals surface area contributed by atoms with Crippen LogP contribution >= 0.6 is 0 Å². The molecule has 1 aromatic carbocycles. The summed E-state index contributed by atoms with van der Waals surface area (Å²) in [6.45, 7) is 2.46. The Morgan fingerprint density at radius 2 is 2.05 bits per heavy atom. The van der Waals surface area contributed by atoms with Crippen LogP contribution in [0, 0.1) is 0 Å². The number of nitrogens with zero attached hydrogens (tertiary/aromatic N) is 1. The number of ether oxygens (including phenoxy) is 1. The van der Waals surface area contributed by atoms with E-state index in [1.54, 1.807) is 4.90 Å². The first-order chi connectivity index (χ1) is 9.08. The standard InChI is InChI=1S/C14H17NO4/c1-10(14(17)18)19-9-13(16)15-7-6-11-4-2-3-5-12(11)8-15/h2-5,10H,6-9H2,1H3,(H,17,18). The highest BCUT2D eigenvalue weighted by atomic mass is 16.5. The number of amides is 1. The van der Waals surface area contributed by atoms with Crippen molar-refractivity contribution in [2.75, 3.05) is 13.2 Å². The molecule has 1 aliphatic rings. The number of carboxylic acids is 1. The highest BCUT2D eigenvalue weighted by Crippen LogP contribution is 2.18. The third-order valence-corrected chi connectivity index (χ3v) is 3.29. The second-order valence-electron chi connectivity index (χ2n) is 4.63. The lowest BCUT2D eigenvalue weighted by molar-refractivity contribution is -0.153. The van der Waals surface area contributed by atoms with E-state index in [1.165, 1.54) is 12.5 Å². The number of carbonyl (C=O) groups is 2. The van der Waals surface area contributed by atoms with Crippen molar-refractivity contribution in [3.63, 3.8) is 0 Å². The van der Waals surface area contributed by atoms with Crippen molar-refractivity contribution in [2.24, 2.45) is 0 Å². The van der Waals surface area contributed by atoms with Gasteiger partial charge in [-0.1, -0.05) is 24.3 Å². The maximum atomic E-state index is 11.9. The Balaban J connectivity index is 1.90. The normalized spacial score (nSPS) is 15.7. The highest BCUT2D eigenvalue weighted by molar-refractivity contribution is 5.78. The van der Waals surface area contributed by atoms with E-state index in [2.05, 4.69) is 6.07 Å². The molecule has 1 N–H and O–H groups in total. The van der Waals surface area contributed by atoms with Crippen LogP contribution in [0.2, 0.25) is 0 Å². The average Bonchev–Trinajstić information content (AvgIpc) is 2.43. The molecule has 1 heterocycles. The molecule has 2 rings (SSSR count). The monoisotopic (exact) mass is 263 g/mol. The largest absolute Gasteiger partial charge is 0.479 e. The molecule has 5 nitrogen and oxygen atoms in total. The van der Waals surface area contributed by atoms with E-state index in [9.17, 15) is 9.59 Å². The van der Waals surface area contributed by atoms with E-state index in [0.717, 1.165) is 12.0 Å². The molecule has 0 radical (unpaired) electrons. The molecule has 0 fully saturated rings. The SMILES string of the molecule is CC(OCC(=O)N1CCc2ccccc2C1)C(=O)O. The molecule has 0 bridgehead atoms. The van der Waals surface area contributed by atoms with E-state index >= 15 is 0 Å². The number of carboxylic acid groups (broad SMARTS) is 1. The summed E-state index contributed by atoms with van der Waals surface area (Å²) in [6, 6.07) is 8.03. The van der Waals surface area contributed by atoms with Crippen LogP contribution in [-0.4, -0.2) is 41.1 Å². The van der Waals surface area contributed by atoms with Gasteiger partial charge in [0.05, 0.1) is 0 Å². The molecular weight excluding hydrogens is 246 g/mol. The van der Waals surface area contributed by atoms with Crippen molar-refractivity contribution < 1.29 is 19.4 Å². The van der Waals surface area contributed by atoms with Crippen LogP contribution in [0.25, 0.3) is 0 Å². The third-order valence-electron chi connectivity index (χ3n) is 3.29. The van der Waals surface area contributed by atoms with Gasteiger partial charge >= 0.3 is 5.97 Å². The second kappa shape index (κ2) is 5.84. The fourth-order valence-corrected chi connectivity index (χ4v) is 2.07. The Morgan fingerprint density at radius 3 is 2.74 bits per heavy atom. The van der Waals surface area contributed by atoms with E-state index < -0.39 is 12.1 Å². The molecule has 0 saturated carbocycles. The minimum Gasteiger partial charge on any atom is -0.479 e. The van der Waals surface area contributed by atoms with Gasteiger partial charge in [0, 0.05) is 13.1 Å². The zero-order chi connectivity index (χ0) is 13.8. The van der Waals surface area contributed by atoms with Crippen molar-refractivity contribution in [3.8, 4) is 0 Å². The number of benzene rings is 1. The van der Waals surface area contributed by atoms with Crippen molar-refractivity contribution >= 4 is 11.9 Å². The molecule has 0 aromatic heterocycles.